The van der Waals surface area contributed by atoms with Crippen LogP contribution in [0.1, 0.15) is 26.7 Å². The quantitative estimate of drug-likeness (QED) is 0.650. The molecule has 0 aliphatic carbocycles. The van der Waals surface area contributed by atoms with Crippen molar-refractivity contribution < 1.29 is 0 Å². The molecule has 0 fully saturated rings. The Hall–Kier alpha value is -0.120. The molecule has 0 aliphatic heterocycles. The van der Waals surface area contributed by atoms with Crippen molar-refractivity contribution in [2.45, 2.75) is 26.7 Å². The lowest BCUT2D eigenvalue weighted by molar-refractivity contribution is 0.336. The zero-order valence-electron chi connectivity index (χ0n) is 10.7. The van der Waals surface area contributed by atoms with E-state index in [-0.39, 0.29) is 0 Å². The van der Waals surface area contributed by atoms with Gasteiger partial charge in [0.25, 0.3) is 0 Å². The molecule has 0 aromatic carbocycles. The van der Waals surface area contributed by atoms with Gasteiger partial charge in [-0.25, -0.2) is 0 Å². The third-order valence-corrected chi connectivity index (χ3v) is 1.99. The van der Waals surface area contributed by atoms with Crippen LogP contribution in [0.3, 0.4) is 0 Å². The van der Waals surface area contributed by atoms with E-state index in [1.807, 2.05) is 14.1 Å². The van der Waals surface area contributed by atoms with Crippen molar-refractivity contribution in [3.05, 3.63) is 0 Å². The van der Waals surface area contributed by atoms with Gasteiger partial charge >= 0.3 is 0 Å². The van der Waals surface area contributed by atoms with E-state index in [9.17, 15) is 0 Å². The summed E-state index contributed by atoms with van der Waals surface area (Å²) in [5, 5.41) is 6.23. The van der Waals surface area contributed by atoms with E-state index in [4.69, 9.17) is 0 Å². The van der Waals surface area contributed by atoms with Gasteiger partial charge in [0, 0.05) is 26.2 Å². The number of rotatable bonds is 7. The molecule has 88 valence electrons. The molecule has 0 unspecified atom stereocenters. The highest BCUT2D eigenvalue weighted by Gasteiger charge is 1.93. The molecule has 3 heteroatoms. The van der Waals surface area contributed by atoms with Crippen molar-refractivity contribution in [1.29, 1.82) is 0 Å². The van der Waals surface area contributed by atoms with Gasteiger partial charge in [-0.15, -0.1) is 0 Å². The summed E-state index contributed by atoms with van der Waals surface area (Å²) in [6.45, 7) is 8.75. The molecule has 2 N–H and O–H groups in total. The third kappa shape index (κ3) is 17.8. The van der Waals surface area contributed by atoms with E-state index in [0.29, 0.717) is 0 Å². The topological polar surface area (TPSA) is 27.3 Å². The normalized spacial score (nSPS) is 9.86. The van der Waals surface area contributed by atoms with E-state index >= 15 is 0 Å². The molecular formula is C11H29N3. The summed E-state index contributed by atoms with van der Waals surface area (Å²) >= 11 is 0. The maximum Gasteiger partial charge on any atom is 0.0104 e. The minimum Gasteiger partial charge on any atom is -0.318 e. The second-order valence-corrected chi connectivity index (χ2v) is 3.51. The first-order valence-corrected chi connectivity index (χ1v) is 5.70. The Balaban J connectivity index is 0. The molecule has 0 bridgehead atoms. The number of likely N-dealkylation sites (N-methyl/N-ethyl adjacent to an activating group) is 3. The first-order chi connectivity index (χ1) is 6.72. The molecule has 0 saturated carbocycles. The summed E-state index contributed by atoms with van der Waals surface area (Å²) in [7, 11) is 6.09. The Morgan fingerprint density at radius 2 is 1.21 bits per heavy atom. The van der Waals surface area contributed by atoms with Gasteiger partial charge in [0.1, 0.15) is 0 Å². The Labute approximate surface area is 90.3 Å². The Morgan fingerprint density at radius 1 is 0.857 bits per heavy atom. The van der Waals surface area contributed by atoms with Crippen LogP contribution in [0, 0.1) is 0 Å². The molecule has 0 atom stereocenters. The predicted molar refractivity (Wildman–Crippen MR) is 65.9 cm³/mol. The van der Waals surface area contributed by atoms with Crippen LogP contribution < -0.4 is 10.6 Å². The highest BCUT2D eigenvalue weighted by atomic mass is 15.1. The minimum absolute atomic E-state index is 1.07. The molecular weight excluding hydrogens is 174 g/mol. The van der Waals surface area contributed by atoms with Gasteiger partial charge in [0.15, 0.2) is 0 Å². The second kappa shape index (κ2) is 15.4. The van der Waals surface area contributed by atoms with E-state index in [1.54, 1.807) is 0 Å². The van der Waals surface area contributed by atoms with Crippen molar-refractivity contribution >= 4 is 0 Å². The number of hydrogen-bond acceptors (Lipinski definition) is 3. The van der Waals surface area contributed by atoms with Crippen LogP contribution in [0.2, 0.25) is 0 Å². The van der Waals surface area contributed by atoms with Gasteiger partial charge in [0.2, 0.25) is 0 Å². The van der Waals surface area contributed by atoms with Gasteiger partial charge < -0.3 is 15.5 Å². The van der Waals surface area contributed by atoms with Crippen LogP contribution in [-0.2, 0) is 0 Å². The summed E-state index contributed by atoms with van der Waals surface area (Å²) in [4.78, 5) is 2.30. The predicted octanol–water partition coefficient (Wildman–Crippen LogP) is 1.16. The summed E-state index contributed by atoms with van der Waals surface area (Å²) in [6.07, 6.45) is 2.64. The zero-order chi connectivity index (χ0) is 11.2. The lowest BCUT2D eigenvalue weighted by atomic mass is 10.4. The fraction of sp³-hybridized carbons (Fsp3) is 1.00. The molecule has 3 nitrogen and oxygen atoms in total. The largest absolute Gasteiger partial charge is 0.318 e. The third-order valence-electron chi connectivity index (χ3n) is 1.99. The molecule has 0 spiro atoms. The lowest BCUT2D eigenvalue weighted by Crippen LogP contribution is -2.32. The van der Waals surface area contributed by atoms with Crippen molar-refractivity contribution in [1.82, 2.24) is 15.5 Å². The van der Waals surface area contributed by atoms with E-state index in [2.05, 4.69) is 36.4 Å². The monoisotopic (exact) mass is 203 g/mol. The van der Waals surface area contributed by atoms with E-state index < -0.39 is 0 Å². The van der Waals surface area contributed by atoms with Gasteiger partial charge in [0.05, 0.1) is 0 Å². The van der Waals surface area contributed by atoms with E-state index in [1.165, 1.54) is 12.8 Å². The van der Waals surface area contributed by atoms with Gasteiger partial charge in [-0.1, -0.05) is 26.7 Å². The van der Waals surface area contributed by atoms with Crippen LogP contribution in [0.25, 0.3) is 0 Å². The van der Waals surface area contributed by atoms with Gasteiger partial charge in [-0.2, -0.15) is 0 Å². The number of unbranched alkanes of at least 4 members (excludes halogenated alkanes) is 1. The second-order valence-electron chi connectivity index (χ2n) is 3.51. The molecule has 14 heavy (non-hydrogen) atoms. The van der Waals surface area contributed by atoms with Gasteiger partial charge in [-0.3, -0.25) is 0 Å². The van der Waals surface area contributed by atoms with Crippen LogP contribution in [0.4, 0.5) is 0 Å². The molecule has 0 aromatic heterocycles. The summed E-state index contributed by atoms with van der Waals surface area (Å²) < 4.78 is 0. The molecule has 0 heterocycles. The standard InChI is InChI=1S/C7H19N3.C4H10/c1-8-4-6-10(3)7-5-9-2;1-3-4-2/h8-9H,4-7H2,1-3H3;3-4H2,1-2H3. The van der Waals surface area contributed by atoms with Crippen LogP contribution in [0.5, 0.6) is 0 Å². The summed E-state index contributed by atoms with van der Waals surface area (Å²) in [5.74, 6) is 0. The minimum atomic E-state index is 1.07. The first-order valence-electron chi connectivity index (χ1n) is 5.70. The molecule has 0 radical (unpaired) electrons. The Kier molecular flexibility index (Phi) is 17.9. The molecule has 0 aromatic rings. The molecule has 0 saturated heterocycles. The molecule has 0 amide bonds. The smallest absolute Gasteiger partial charge is 0.0104 e. The summed E-state index contributed by atoms with van der Waals surface area (Å²) in [5.41, 5.74) is 0. The van der Waals surface area contributed by atoms with Crippen molar-refractivity contribution in [3.8, 4) is 0 Å². The lowest BCUT2D eigenvalue weighted by Gasteiger charge is -2.15. The molecule has 0 aliphatic rings. The fourth-order valence-corrected chi connectivity index (χ4v) is 0.717. The average Bonchev–Trinajstić information content (AvgIpc) is 2.23. The zero-order valence-corrected chi connectivity index (χ0v) is 10.7. The van der Waals surface area contributed by atoms with Crippen LogP contribution in [0.15, 0.2) is 0 Å². The SMILES string of the molecule is CCCC.CNCCN(C)CCNC. The number of hydrogen-bond donors (Lipinski definition) is 2. The maximum atomic E-state index is 3.11. The first kappa shape index (κ1) is 16.3. The maximum absolute atomic E-state index is 3.11. The molecule has 0 rings (SSSR count). The van der Waals surface area contributed by atoms with Crippen molar-refractivity contribution in [3.63, 3.8) is 0 Å². The highest BCUT2D eigenvalue weighted by Crippen LogP contribution is 1.77. The average molecular weight is 203 g/mol. The van der Waals surface area contributed by atoms with Crippen LogP contribution >= 0.6 is 0 Å². The van der Waals surface area contributed by atoms with E-state index in [0.717, 1.165) is 26.2 Å². The van der Waals surface area contributed by atoms with Crippen molar-refractivity contribution in [2.24, 2.45) is 0 Å². The Bertz CT molecular complexity index is 76.6. The Morgan fingerprint density at radius 3 is 1.43 bits per heavy atom. The number of nitrogens with zero attached hydrogens (tertiary/aromatic N) is 1. The highest BCUT2D eigenvalue weighted by molar-refractivity contribution is 4.53. The van der Waals surface area contributed by atoms with Crippen molar-refractivity contribution in [2.75, 3.05) is 47.3 Å². The fourth-order valence-electron chi connectivity index (χ4n) is 0.717. The summed E-state index contributed by atoms with van der Waals surface area (Å²) in [6, 6.07) is 0. The van der Waals surface area contributed by atoms with Gasteiger partial charge in [-0.05, 0) is 21.1 Å². The number of nitrogens with one attached hydrogen (secondary N) is 2. The van der Waals surface area contributed by atoms with Crippen LogP contribution in [-0.4, -0.2) is 52.2 Å².